The van der Waals surface area contributed by atoms with Crippen LogP contribution in [0.4, 0.5) is 21.5 Å². The molecule has 0 bridgehead atoms. The van der Waals surface area contributed by atoms with Crippen molar-refractivity contribution in [2.75, 3.05) is 27.4 Å². The normalized spacial score (nSPS) is 19.3. The highest BCUT2D eigenvalue weighted by atomic mass is 35.5. The first-order chi connectivity index (χ1) is 15.9. The highest BCUT2D eigenvalue weighted by molar-refractivity contribution is 8.02. The van der Waals surface area contributed by atoms with Crippen molar-refractivity contribution in [3.05, 3.63) is 89.2 Å². The zero-order valence-electron chi connectivity index (χ0n) is 17.1. The number of carbonyl (C=O) groups excluding carboxylic acids is 3. The Bertz CT molecular complexity index is 1300. The molecular formula is C24H17ClFN3O3S. The molecule has 3 aromatic carbocycles. The Morgan fingerprint density at radius 3 is 2.61 bits per heavy atom. The first-order valence-electron chi connectivity index (χ1n) is 10.1. The number of nitrogens with one attached hydrogen (secondary N) is 1. The first-order valence-corrected chi connectivity index (χ1v) is 11.5. The van der Waals surface area contributed by atoms with Gasteiger partial charge in [-0.2, -0.15) is 0 Å². The van der Waals surface area contributed by atoms with Gasteiger partial charge in [0.2, 0.25) is 16.7 Å². The molecule has 1 atom stereocenters. The summed E-state index contributed by atoms with van der Waals surface area (Å²) in [5, 5.41) is 2.95. The van der Waals surface area contributed by atoms with E-state index in [4.69, 9.17) is 11.6 Å². The van der Waals surface area contributed by atoms with Crippen molar-refractivity contribution >= 4 is 58.1 Å². The fourth-order valence-electron chi connectivity index (χ4n) is 4.22. The summed E-state index contributed by atoms with van der Waals surface area (Å²) in [6.45, 7) is -0.329. The van der Waals surface area contributed by atoms with E-state index in [-0.39, 0.29) is 23.9 Å². The van der Waals surface area contributed by atoms with Gasteiger partial charge < -0.3 is 5.32 Å². The Kier molecular flexibility index (Phi) is 5.34. The van der Waals surface area contributed by atoms with Crippen LogP contribution in [0.15, 0.2) is 72.8 Å². The number of thioether (sulfide) groups is 1. The molecule has 1 saturated heterocycles. The number of rotatable bonds is 4. The summed E-state index contributed by atoms with van der Waals surface area (Å²) in [7, 11) is 0. The fraction of sp³-hybridized carbons (Fsp3) is 0.125. The number of halogens is 2. The molecule has 1 N–H and O–H groups in total. The third-order valence-corrected chi connectivity index (χ3v) is 7.20. The zero-order chi connectivity index (χ0) is 23.2. The number of hydrogen-bond acceptors (Lipinski definition) is 4. The van der Waals surface area contributed by atoms with E-state index >= 15 is 0 Å². The van der Waals surface area contributed by atoms with E-state index in [1.54, 1.807) is 54.6 Å². The summed E-state index contributed by atoms with van der Waals surface area (Å²) in [6, 6.07) is 19.6. The second-order valence-corrected chi connectivity index (χ2v) is 9.18. The van der Waals surface area contributed by atoms with E-state index in [2.05, 4.69) is 5.32 Å². The third kappa shape index (κ3) is 3.46. The van der Waals surface area contributed by atoms with Gasteiger partial charge in [-0.05, 0) is 36.4 Å². The highest BCUT2D eigenvalue weighted by Gasteiger charge is 2.61. The SMILES string of the molecule is O=C(CN1C(=O)C2(SCC(=O)N2c2cccc(Cl)c2)c2ccccc21)Nc1ccccc1F. The summed E-state index contributed by atoms with van der Waals surface area (Å²) in [5.74, 6) is -1.67. The van der Waals surface area contributed by atoms with Crippen LogP contribution in [0.25, 0.3) is 0 Å². The van der Waals surface area contributed by atoms with Gasteiger partial charge in [0.1, 0.15) is 12.4 Å². The predicted molar refractivity (Wildman–Crippen MR) is 127 cm³/mol. The average Bonchev–Trinajstić information content (AvgIpc) is 3.26. The van der Waals surface area contributed by atoms with Crippen LogP contribution in [-0.2, 0) is 19.3 Å². The maximum absolute atomic E-state index is 14.0. The largest absolute Gasteiger partial charge is 0.322 e. The lowest BCUT2D eigenvalue weighted by atomic mass is 10.0. The van der Waals surface area contributed by atoms with Crippen LogP contribution in [0.3, 0.4) is 0 Å². The van der Waals surface area contributed by atoms with Crippen molar-refractivity contribution in [1.29, 1.82) is 0 Å². The van der Waals surface area contributed by atoms with E-state index in [0.29, 0.717) is 22.0 Å². The van der Waals surface area contributed by atoms with Gasteiger partial charge in [-0.15, -0.1) is 11.8 Å². The number of hydrogen-bond donors (Lipinski definition) is 1. The molecule has 1 unspecified atom stereocenters. The van der Waals surface area contributed by atoms with E-state index in [1.807, 2.05) is 0 Å². The number of para-hydroxylation sites is 2. The molecular weight excluding hydrogens is 465 g/mol. The minimum absolute atomic E-state index is 0.0307. The van der Waals surface area contributed by atoms with E-state index < -0.39 is 22.5 Å². The highest BCUT2D eigenvalue weighted by Crippen LogP contribution is 2.55. The van der Waals surface area contributed by atoms with Gasteiger partial charge in [-0.25, -0.2) is 4.39 Å². The second kappa shape index (κ2) is 8.20. The molecule has 2 heterocycles. The molecule has 0 saturated carbocycles. The minimum atomic E-state index is -1.35. The summed E-state index contributed by atoms with van der Waals surface area (Å²) in [5.41, 5.74) is 1.67. The summed E-state index contributed by atoms with van der Waals surface area (Å²) >= 11 is 7.37. The third-order valence-electron chi connectivity index (χ3n) is 5.58. The molecule has 2 aliphatic rings. The summed E-state index contributed by atoms with van der Waals surface area (Å²) in [4.78, 5) is 41.1. The smallest absolute Gasteiger partial charge is 0.269 e. The molecule has 5 rings (SSSR count). The van der Waals surface area contributed by atoms with Crippen LogP contribution < -0.4 is 15.1 Å². The van der Waals surface area contributed by atoms with Crippen LogP contribution in [0.1, 0.15) is 5.56 Å². The van der Waals surface area contributed by atoms with Crippen molar-refractivity contribution in [2.45, 2.75) is 4.87 Å². The Morgan fingerprint density at radius 1 is 1.06 bits per heavy atom. The molecule has 33 heavy (non-hydrogen) atoms. The van der Waals surface area contributed by atoms with Crippen LogP contribution in [0.5, 0.6) is 0 Å². The van der Waals surface area contributed by atoms with Crippen LogP contribution in [0, 0.1) is 5.82 Å². The van der Waals surface area contributed by atoms with Crippen molar-refractivity contribution in [3.63, 3.8) is 0 Å². The van der Waals surface area contributed by atoms with Crippen LogP contribution in [0.2, 0.25) is 5.02 Å². The van der Waals surface area contributed by atoms with Crippen molar-refractivity contribution in [1.82, 2.24) is 0 Å². The Morgan fingerprint density at radius 2 is 1.82 bits per heavy atom. The van der Waals surface area contributed by atoms with E-state index in [9.17, 15) is 18.8 Å². The Balaban J connectivity index is 1.53. The molecule has 1 spiro atoms. The van der Waals surface area contributed by atoms with Crippen molar-refractivity contribution in [3.8, 4) is 0 Å². The molecule has 3 aromatic rings. The quantitative estimate of drug-likeness (QED) is 0.599. The Hall–Kier alpha value is -3.36. The monoisotopic (exact) mass is 481 g/mol. The standard InChI is InChI=1S/C24H17ClFN3O3S/c25-15-6-5-7-16(12-15)29-22(31)14-33-24(29)17-8-1-4-11-20(17)28(23(24)32)13-21(30)27-19-10-3-2-9-18(19)26/h1-12H,13-14H2,(H,27,30). The summed E-state index contributed by atoms with van der Waals surface area (Å²) < 4.78 is 14.0. The van der Waals surface area contributed by atoms with Gasteiger partial charge in [0.25, 0.3) is 5.91 Å². The molecule has 6 nitrogen and oxygen atoms in total. The Labute approximate surface area is 198 Å². The number of fused-ring (bicyclic) bond motifs is 2. The lowest BCUT2D eigenvalue weighted by molar-refractivity contribution is -0.124. The number of nitrogens with zero attached hydrogens (tertiary/aromatic N) is 2. The molecule has 0 radical (unpaired) electrons. The van der Waals surface area contributed by atoms with Gasteiger partial charge in [-0.3, -0.25) is 24.2 Å². The first kappa shape index (κ1) is 21.5. The van der Waals surface area contributed by atoms with Gasteiger partial charge in [0, 0.05) is 16.3 Å². The van der Waals surface area contributed by atoms with Crippen LogP contribution >= 0.6 is 23.4 Å². The van der Waals surface area contributed by atoms with Gasteiger partial charge in [-0.1, -0.05) is 48.0 Å². The molecule has 0 aromatic heterocycles. The number of benzene rings is 3. The molecule has 2 aliphatic heterocycles. The second-order valence-electron chi connectivity index (χ2n) is 7.58. The predicted octanol–water partition coefficient (Wildman–Crippen LogP) is 4.40. The van der Waals surface area contributed by atoms with Gasteiger partial charge >= 0.3 is 0 Å². The molecule has 0 aliphatic carbocycles. The van der Waals surface area contributed by atoms with E-state index in [0.717, 1.165) is 0 Å². The van der Waals surface area contributed by atoms with E-state index in [1.165, 1.54) is 39.8 Å². The topological polar surface area (TPSA) is 69.7 Å². The van der Waals surface area contributed by atoms with Crippen molar-refractivity contribution < 1.29 is 18.8 Å². The van der Waals surface area contributed by atoms with Gasteiger partial charge in [0.15, 0.2) is 0 Å². The molecule has 166 valence electrons. The molecule has 9 heteroatoms. The average molecular weight is 482 g/mol. The van der Waals surface area contributed by atoms with Crippen LogP contribution in [-0.4, -0.2) is 30.0 Å². The maximum atomic E-state index is 14.0. The lowest BCUT2D eigenvalue weighted by Gasteiger charge is -2.33. The maximum Gasteiger partial charge on any atom is 0.269 e. The van der Waals surface area contributed by atoms with Gasteiger partial charge in [0.05, 0.1) is 17.1 Å². The number of amides is 3. The summed E-state index contributed by atoms with van der Waals surface area (Å²) in [6.07, 6.45) is 0. The lowest BCUT2D eigenvalue weighted by Crippen LogP contribution is -2.50. The zero-order valence-corrected chi connectivity index (χ0v) is 18.7. The number of carbonyl (C=O) groups is 3. The van der Waals surface area contributed by atoms with Crippen molar-refractivity contribution in [2.24, 2.45) is 0 Å². The molecule has 3 amide bonds. The minimum Gasteiger partial charge on any atom is -0.322 e. The fourth-order valence-corrected chi connectivity index (χ4v) is 5.77. The molecule has 1 fully saturated rings. The number of anilines is 3.